The van der Waals surface area contributed by atoms with Gasteiger partial charge in [-0.15, -0.1) is 0 Å². The molecule has 3 unspecified atom stereocenters. The number of aromatic nitrogens is 4. The van der Waals surface area contributed by atoms with Crippen LogP contribution in [-0.4, -0.2) is 134 Å². The molecule has 3 aromatic rings. The Balaban J connectivity index is 1.21. The van der Waals surface area contributed by atoms with E-state index in [1.54, 1.807) is 30.3 Å². The zero-order chi connectivity index (χ0) is 46.0. The number of ether oxygens (including phenoxy) is 1. The molecule has 342 valence electrons. The highest BCUT2D eigenvalue weighted by Crippen LogP contribution is 2.61. The predicted molar refractivity (Wildman–Crippen MR) is 214 cm³/mol. The Morgan fingerprint density at radius 1 is 1.02 bits per heavy atom. The fourth-order valence-electron chi connectivity index (χ4n) is 5.46. The zero-order valence-electron chi connectivity index (χ0n) is 32.6. The van der Waals surface area contributed by atoms with E-state index in [4.69, 9.17) is 19.5 Å². The lowest BCUT2D eigenvalue weighted by Gasteiger charge is -2.30. The highest BCUT2D eigenvalue weighted by atomic mass is 32.2. The van der Waals surface area contributed by atoms with Crippen molar-refractivity contribution in [1.82, 2.24) is 30.2 Å². The smallest absolute Gasteiger partial charge is 0.481 e. The first-order valence-electron chi connectivity index (χ1n) is 17.9. The van der Waals surface area contributed by atoms with E-state index in [2.05, 4.69) is 34.4 Å². The second-order valence-electron chi connectivity index (χ2n) is 13.9. The van der Waals surface area contributed by atoms with Crippen molar-refractivity contribution in [3.05, 3.63) is 54.1 Å². The van der Waals surface area contributed by atoms with Gasteiger partial charge in [0.1, 0.15) is 36.3 Å². The number of phosphoric acid groups is 3. The van der Waals surface area contributed by atoms with Crippen LogP contribution in [0.15, 0.2) is 48.6 Å². The molecular formula is C32H44N7O19P3S. The number of carbonyl (C=O) groups is 4. The van der Waals surface area contributed by atoms with Crippen molar-refractivity contribution in [2.45, 2.75) is 57.3 Å². The van der Waals surface area contributed by atoms with Gasteiger partial charge in [-0.05, 0) is 11.6 Å². The quantitative estimate of drug-likeness (QED) is 0.0345. The summed E-state index contributed by atoms with van der Waals surface area (Å²) in [6.07, 6.45) is -6.19. The van der Waals surface area contributed by atoms with Gasteiger partial charge in [-0.2, -0.15) is 4.31 Å². The minimum Gasteiger partial charge on any atom is -0.481 e. The largest absolute Gasteiger partial charge is 0.481 e. The van der Waals surface area contributed by atoms with Crippen molar-refractivity contribution in [2.24, 2.45) is 5.41 Å². The number of carbonyl (C=O) groups excluding carboxylic acids is 3. The van der Waals surface area contributed by atoms with Crippen LogP contribution in [0.4, 0.5) is 5.82 Å². The lowest BCUT2D eigenvalue weighted by molar-refractivity contribution is -0.137. The molecule has 0 spiro atoms. The van der Waals surface area contributed by atoms with Gasteiger partial charge < -0.3 is 56.0 Å². The maximum atomic E-state index is 12.7. The van der Waals surface area contributed by atoms with Crippen LogP contribution in [0.25, 0.3) is 17.2 Å². The number of nitrogen functional groups attached to an aromatic ring is 1. The van der Waals surface area contributed by atoms with Crippen LogP contribution in [-0.2, 0) is 55.5 Å². The molecular weight excluding hydrogens is 911 g/mol. The molecule has 0 aliphatic carbocycles. The summed E-state index contributed by atoms with van der Waals surface area (Å²) in [5.41, 5.74) is 4.89. The van der Waals surface area contributed by atoms with Gasteiger partial charge in [0.25, 0.3) is 0 Å². The summed E-state index contributed by atoms with van der Waals surface area (Å²) in [5, 5.41) is 35.1. The van der Waals surface area contributed by atoms with Crippen LogP contribution >= 0.6 is 35.2 Å². The van der Waals surface area contributed by atoms with Crippen LogP contribution in [0.1, 0.15) is 38.5 Å². The van der Waals surface area contributed by atoms with Crippen LogP contribution in [0, 0.1) is 5.41 Å². The Labute approximate surface area is 355 Å². The monoisotopic (exact) mass is 955 g/mol. The summed E-state index contributed by atoms with van der Waals surface area (Å²) in [6.45, 7) is 0.115. The number of benzene rings is 1. The van der Waals surface area contributed by atoms with Gasteiger partial charge in [0, 0.05) is 36.3 Å². The third-order valence-electron chi connectivity index (χ3n) is 8.48. The highest BCUT2D eigenvalue weighted by molar-refractivity contribution is 8.14. The highest BCUT2D eigenvalue weighted by Gasteiger charge is 2.50. The third kappa shape index (κ3) is 15.1. The first-order chi connectivity index (χ1) is 28.9. The maximum Gasteiger partial charge on any atom is 0.481 e. The summed E-state index contributed by atoms with van der Waals surface area (Å²) >= 11 is 0.808. The molecule has 1 fully saturated rings. The Hall–Kier alpha value is -4.01. The molecule has 0 saturated carbocycles. The average molecular weight is 956 g/mol. The van der Waals surface area contributed by atoms with E-state index in [0.29, 0.717) is 5.56 Å². The van der Waals surface area contributed by atoms with Gasteiger partial charge in [0.05, 0.1) is 26.0 Å². The van der Waals surface area contributed by atoms with Crippen molar-refractivity contribution in [3.63, 3.8) is 0 Å². The minimum atomic E-state index is -5.60. The summed E-state index contributed by atoms with van der Waals surface area (Å²) in [4.78, 5) is 99.8. The molecule has 3 heterocycles. The second kappa shape index (κ2) is 21.6. The summed E-state index contributed by atoms with van der Waals surface area (Å²) in [7, 11) is -16.5. The van der Waals surface area contributed by atoms with E-state index in [-0.39, 0.29) is 47.8 Å². The number of hydrogen-bond acceptors (Lipinski definition) is 19. The topological polar surface area (TPSA) is 401 Å². The molecule has 26 nitrogen and oxygen atoms in total. The number of fused-ring (bicyclic) bond motifs is 1. The molecule has 2 aromatic heterocycles. The van der Waals surface area contributed by atoms with Crippen molar-refractivity contribution < 1.29 is 90.4 Å². The van der Waals surface area contributed by atoms with E-state index < -0.39 is 102 Å². The lowest BCUT2D eigenvalue weighted by atomic mass is 9.87. The van der Waals surface area contributed by atoms with Crippen molar-refractivity contribution in [2.75, 3.05) is 37.8 Å². The standard InChI is InChI=1S/C32H44N7O19P3S/c1-32(2,26(44)29(45)35-9-8-21(40)34-10-11-62-31(46)19(13-22(41)42)12-18-6-4-3-5-7-18)15-55-61(52,53)58-60(50,51)54-14-20-25(57-59(47,48)49)24(43)30(56-20)39-17-38-23-27(33)36-16-37-28(23)39/h3-7,12,16-17,20,24-26,30,43-44H,8-11,13-15H2,1-2H3,(H,34,40)(H,35,45)(H,41,42)(H,50,51)(H,52,53)(H2,33,36,37)(H2,47,48,49)/b19-12+/t20-,24-,25-,26?,30-/m1/s1. The molecule has 2 amide bonds. The zero-order valence-corrected chi connectivity index (χ0v) is 36.1. The number of nitrogens with one attached hydrogen (secondary N) is 2. The molecule has 0 radical (unpaired) electrons. The van der Waals surface area contributed by atoms with Crippen molar-refractivity contribution in [3.8, 4) is 0 Å². The molecule has 1 aliphatic heterocycles. The fraction of sp³-hybridized carbons (Fsp3) is 0.469. The van der Waals surface area contributed by atoms with Crippen LogP contribution in [0.2, 0.25) is 0 Å². The number of phosphoric ester groups is 3. The number of aliphatic hydroxyl groups is 2. The first-order valence-corrected chi connectivity index (χ1v) is 23.4. The van der Waals surface area contributed by atoms with E-state index in [1.807, 2.05) is 0 Å². The Morgan fingerprint density at radius 3 is 2.35 bits per heavy atom. The number of thioether (sulfide) groups is 1. The lowest BCUT2D eigenvalue weighted by Crippen LogP contribution is -2.46. The normalized spacial score (nSPS) is 20.9. The summed E-state index contributed by atoms with van der Waals surface area (Å²) in [5.74, 6) is -2.70. The van der Waals surface area contributed by atoms with E-state index in [9.17, 15) is 67.8 Å². The van der Waals surface area contributed by atoms with Gasteiger partial charge >= 0.3 is 29.4 Å². The van der Waals surface area contributed by atoms with Gasteiger partial charge in [-0.25, -0.2) is 28.6 Å². The molecule has 1 aromatic carbocycles. The number of rotatable bonds is 23. The third-order valence-corrected chi connectivity index (χ3v) is 12.5. The number of nitrogens with zero attached hydrogens (tertiary/aromatic N) is 4. The van der Waals surface area contributed by atoms with E-state index >= 15 is 0 Å². The Bertz CT molecular complexity index is 2260. The summed E-state index contributed by atoms with van der Waals surface area (Å²) in [6, 6.07) is 8.65. The van der Waals surface area contributed by atoms with E-state index in [0.717, 1.165) is 29.0 Å². The van der Waals surface area contributed by atoms with Gasteiger partial charge in [-0.1, -0.05) is 55.9 Å². The van der Waals surface area contributed by atoms with Crippen molar-refractivity contribution >= 4 is 81.2 Å². The predicted octanol–water partition coefficient (Wildman–Crippen LogP) is 0.223. The molecule has 30 heteroatoms. The SMILES string of the molecule is CC(C)(COP(=O)(O)OP(=O)(O)OC[C@H]1O[C@@H](n2cnc3c(N)ncnc32)[C@H](O)[C@@H]1OP(=O)(O)O)C(O)C(=O)NCCC(=O)NCCSC(=O)/C(=C/c1ccccc1)CC(=O)O. The number of nitrogens with two attached hydrogens (primary N) is 1. The number of amides is 2. The maximum absolute atomic E-state index is 12.7. The van der Waals surface area contributed by atoms with Gasteiger partial charge in [0.15, 0.2) is 17.7 Å². The number of aliphatic carboxylic acids is 1. The molecule has 11 N–H and O–H groups in total. The fourth-order valence-corrected chi connectivity index (χ4v) is 9.00. The Morgan fingerprint density at radius 2 is 1.69 bits per heavy atom. The molecule has 62 heavy (non-hydrogen) atoms. The number of carboxylic acids is 1. The number of hydrogen-bond donors (Lipinski definition) is 10. The molecule has 0 bridgehead atoms. The molecule has 1 aliphatic rings. The summed E-state index contributed by atoms with van der Waals surface area (Å²) < 4.78 is 62.2. The van der Waals surface area contributed by atoms with Crippen molar-refractivity contribution in [1.29, 1.82) is 0 Å². The molecule has 1 saturated heterocycles. The number of imidazole rings is 1. The number of anilines is 1. The second-order valence-corrected chi connectivity index (χ2v) is 19.2. The number of carboxylic acid groups (broad SMARTS) is 1. The van der Waals surface area contributed by atoms with E-state index in [1.165, 1.54) is 19.9 Å². The van der Waals surface area contributed by atoms with Crippen LogP contribution in [0.5, 0.6) is 0 Å². The van der Waals surface area contributed by atoms with Crippen LogP contribution < -0.4 is 16.4 Å². The van der Waals surface area contributed by atoms with Gasteiger partial charge in [0.2, 0.25) is 16.9 Å². The van der Waals surface area contributed by atoms with Crippen LogP contribution in [0.3, 0.4) is 0 Å². The molecule has 7 atom stereocenters. The number of aliphatic hydroxyl groups excluding tert-OH is 2. The van der Waals surface area contributed by atoms with Gasteiger partial charge in [-0.3, -0.25) is 37.3 Å². The minimum absolute atomic E-state index is 0.0169. The molecule has 4 rings (SSSR count). The average Bonchev–Trinajstić information content (AvgIpc) is 3.74. The Kier molecular flexibility index (Phi) is 17.6. The first kappa shape index (κ1) is 50.6.